The third-order valence-corrected chi connectivity index (χ3v) is 2.65. The number of hydrogen-bond acceptors (Lipinski definition) is 5. The number of nitrogens with one attached hydrogen (secondary N) is 1. The smallest absolute Gasteiger partial charge is 0.330 e. The van der Waals surface area contributed by atoms with Gasteiger partial charge in [-0.3, -0.25) is 10.1 Å². The molecule has 8 heteroatoms. The van der Waals surface area contributed by atoms with Gasteiger partial charge in [-0.2, -0.15) is 5.10 Å². The van der Waals surface area contributed by atoms with E-state index in [1.54, 1.807) is 6.07 Å². The Morgan fingerprint density at radius 3 is 2.95 bits per heavy atom. The van der Waals surface area contributed by atoms with Crippen LogP contribution in [-0.2, 0) is 6.42 Å². The second-order valence-corrected chi connectivity index (χ2v) is 3.95. The molecule has 0 aliphatic rings. The van der Waals surface area contributed by atoms with Gasteiger partial charge in [0.15, 0.2) is 0 Å². The highest BCUT2D eigenvalue weighted by molar-refractivity contribution is 5.43. The van der Waals surface area contributed by atoms with E-state index in [2.05, 4.69) is 10.2 Å². The summed E-state index contributed by atoms with van der Waals surface area (Å²) in [6.45, 7) is 0.482. The first kappa shape index (κ1) is 13.0. The number of nitro benzene ring substituents is 1. The van der Waals surface area contributed by atoms with Gasteiger partial charge in [-0.25, -0.2) is 14.5 Å². The summed E-state index contributed by atoms with van der Waals surface area (Å²) in [5.41, 5.74) is 5.34. The van der Waals surface area contributed by atoms with E-state index >= 15 is 0 Å². The second-order valence-electron chi connectivity index (χ2n) is 3.95. The van der Waals surface area contributed by atoms with E-state index in [0.29, 0.717) is 30.9 Å². The van der Waals surface area contributed by atoms with Crippen LogP contribution in [0.3, 0.4) is 0 Å². The van der Waals surface area contributed by atoms with Gasteiger partial charge >= 0.3 is 5.69 Å². The lowest BCUT2D eigenvalue weighted by Gasteiger charge is -2.04. The summed E-state index contributed by atoms with van der Waals surface area (Å²) in [5.74, 6) is 0.510. The summed E-state index contributed by atoms with van der Waals surface area (Å²) in [6.07, 6.45) is 1.21. The standard InChI is InChI=1S/C11H13N5O3/c12-6-2-5-10-13-14-11(17)15(10)8-3-1-4-9(7-8)16(18)19/h1,3-4,7H,2,5-6,12H2,(H,14,17). The lowest BCUT2D eigenvalue weighted by atomic mass is 10.2. The summed E-state index contributed by atoms with van der Waals surface area (Å²) in [4.78, 5) is 22.0. The van der Waals surface area contributed by atoms with E-state index in [1.165, 1.54) is 22.8 Å². The van der Waals surface area contributed by atoms with Crippen molar-refractivity contribution in [3.63, 3.8) is 0 Å². The van der Waals surface area contributed by atoms with Crippen molar-refractivity contribution in [2.45, 2.75) is 12.8 Å². The number of non-ortho nitro benzene ring substituents is 1. The zero-order valence-corrected chi connectivity index (χ0v) is 10.1. The van der Waals surface area contributed by atoms with E-state index in [0.717, 1.165) is 0 Å². The lowest BCUT2D eigenvalue weighted by Crippen LogP contribution is -2.17. The third-order valence-electron chi connectivity index (χ3n) is 2.65. The van der Waals surface area contributed by atoms with Crippen molar-refractivity contribution in [2.24, 2.45) is 5.73 Å². The molecule has 1 heterocycles. The fourth-order valence-electron chi connectivity index (χ4n) is 1.77. The van der Waals surface area contributed by atoms with Gasteiger partial charge in [-0.1, -0.05) is 6.07 Å². The van der Waals surface area contributed by atoms with Crippen molar-refractivity contribution in [3.8, 4) is 5.69 Å². The molecule has 1 aromatic carbocycles. The average molecular weight is 263 g/mol. The molecule has 0 aliphatic heterocycles. The number of nitrogens with zero attached hydrogens (tertiary/aromatic N) is 3. The number of aryl methyl sites for hydroxylation is 1. The highest BCUT2D eigenvalue weighted by atomic mass is 16.6. The first-order valence-electron chi connectivity index (χ1n) is 5.74. The minimum atomic E-state index is -0.506. The average Bonchev–Trinajstić information content (AvgIpc) is 2.77. The number of rotatable bonds is 5. The largest absolute Gasteiger partial charge is 0.347 e. The summed E-state index contributed by atoms with van der Waals surface area (Å²) >= 11 is 0. The zero-order chi connectivity index (χ0) is 13.8. The Bertz CT molecular complexity index is 646. The quantitative estimate of drug-likeness (QED) is 0.596. The molecule has 2 rings (SSSR count). The first-order valence-corrected chi connectivity index (χ1v) is 5.74. The maximum absolute atomic E-state index is 11.7. The van der Waals surface area contributed by atoms with Crippen molar-refractivity contribution in [2.75, 3.05) is 6.54 Å². The molecule has 0 atom stereocenters. The lowest BCUT2D eigenvalue weighted by molar-refractivity contribution is -0.384. The van der Waals surface area contributed by atoms with Crippen LogP contribution >= 0.6 is 0 Å². The molecule has 0 unspecified atom stereocenters. The molecule has 0 bridgehead atoms. The highest BCUT2D eigenvalue weighted by Gasteiger charge is 2.13. The number of nitrogens with two attached hydrogens (primary N) is 1. The molecule has 0 radical (unpaired) electrons. The molecular formula is C11H13N5O3. The third kappa shape index (κ3) is 2.68. The van der Waals surface area contributed by atoms with Crippen LogP contribution in [0.4, 0.5) is 5.69 Å². The van der Waals surface area contributed by atoms with E-state index in [-0.39, 0.29) is 5.69 Å². The highest BCUT2D eigenvalue weighted by Crippen LogP contribution is 2.16. The van der Waals surface area contributed by atoms with Crippen LogP contribution in [-0.4, -0.2) is 26.2 Å². The van der Waals surface area contributed by atoms with Gasteiger partial charge < -0.3 is 5.73 Å². The van der Waals surface area contributed by atoms with Gasteiger partial charge in [0, 0.05) is 18.6 Å². The van der Waals surface area contributed by atoms with E-state index in [4.69, 9.17) is 5.73 Å². The van der Waals surface area contributed by atoms with Crippen LogP contribution in [0, 0.1) is 10.1 Å². The number of nitro groups is 1. The Kier molecular flexibility index (Phi) is 3.71. The van der Waals surface area contributed by atoms with Crippen LogP contribution in [0.2, 0.25) is 0 Å². The second kappa shape index (κ2) is 5.44. The summed E-state index contributed by atoms with van der Waals surface area (Å²) < 4.78 is 1.32. The monoisotopic (exact) mass is 263 g/mol. The maximum atomic E-state index is 11.7. The van der Waals surface area contributed by atoms with Crippen molar-refractivity contribution >= 4 is 5.69 Å². The first-order chi connectivity index (χ1) is 9.13. The van der Waals surface area contributed by atoms with Crippen LogP contribution < -0.4 is 11.4 Å². The minimum Gasteiger partial charge on any atom is -0.330 e. The van der Waals surface area contributed by atoms with Crippen LogP contribution in [0.25, 0.3) is 5.69 Å². The van der Waals surface area contributed by atoms with E-state index in [1.807, 2.05) is 0 Å². The fourth-order valence-corrected chi connectivity index (χ4v) is 1.77. The van der Waals surface area contributed by atoms with Crippen molar-refractivity contribution in [3.05, 3.63) is 50.7 Å². The summed E-state index contributed by atoms with van der Waals surface area (Å²) in [7, 11) is 0. The van der Waals surface area contributed by atoms with Crippen molar-refractivity contribution in [1.82, 2.24) is 14.8 Å². The Morgan fingerprint density at radius 2 is 2.26 bits per heavy atom. The molecule has 3 N–H and O–H groups in total. The number of aromatic nitrogens is 3. The number of benzene rings is 1. The van der Waals surface area contributed by atoms with Gasteiger partial charge in [0.2, 0.25) is 0 Å². The molecular weight excluding hydrogens is 250 g/mol. The molecule has 0 amide bonds. The van der Waals surface area contributed by atoms with Crippen molar-refractivity contribution < 1.29 is 4.92 Å². The SMILES string of the molecule is NCCCc1n[nH]c(=O)n1-c1cccc([N+](=O)[O-])c1. The van der Waals surface area contributed by atoms with E-state index in [9.17, 15) is 14.9 Å². The summed E-state index contributed by atoms with van der Waals surface area (Å²) in [5, 5.41) is 17.0. The van der Waals surface area contributed by atoms with Gasteiger partial charge in [-0.05, 0) is 19.0 Å². The zero-order valence-electron chi connectivity index (χ0n) is 10.1. The topological polar surface area (TPSA) is 120 Å². The molecule has 0 fully saturated rings. The Labute approximate surface area is 108 Å². The summed E-state index contributed by atoms with van der Waals surface area (Å²) in [6, 6.07) is 5.85. The van der Waals surface area contributed by atoms with Crippen LogP contribution in [0.15, 0.2) is 29.1 Å². The van der Waals surface area contributed by atoms with Gasteiger partial charge in [-0.15, -0.1) is 0 Å². The molecule has 2 aromatic rings. The molecule has 0 aliphatic carbocycles. The van der Waals surface area contributed by atoms with E-state index < -0.39 is 10.6 Å². The molecule has 0 saturated carbocycles. The number of H-pyrrole nitrogens is 1. The van der Waals surface area contributed by atoms with Crippen LogP contribution in [0.5, 0.6) is 0 Å². The number of aromatic amines is 1. The Balaban J connectivity index is 2.46. The normalized spacial score (nSPS) is 10.6. The Morgan fingerprint density at radius 1 is 1.47 bits per heavy atom. The molecule has 1 aromatic heterocycles. The number of hydrogen-bond donors (Lipinski definition) is 2. The molecule has 0 saturated heterocycles. The van der Waals surface area contributed by atoms with Gasteiger partial charge in [0.05, 0.1) is 10.6 Å². The van der Waals surface area contributed by atoms with Gasteiger partial charge in [0.25, 0.3) is 5.69 Å². The molecule has 19 heavy (non-hydrogen) atoms. The predicted molar refractivity (Wildman–Crippen MR) is 68.2 cm³/mol. The molecule has 100 valence electrons. The van der Waals surface area contributed by atoms with Crippen molar-refractivity contribution in [1.29, 1.82) is 0 Å². The van der Waals surface area contributed by atoms with Gasteiger partial charge in [0.1, 0.15) is 5.82 Å². The molecule has 0 spiro atoms. The maximum Gasteiger partial charge on any atom is 0.347 e. The minimum absolute atomic E-state index is 0.0737. The van der Waals surface area contributed by atoms with Crippen LogP contribution in [0.1, 0.15) is 12.2 Å². The fraction of sp³-hybridized carbons (Fsp3) is 0.273. The molecule has 8 nitrogen and oxygen atoms in total. The predicted octanol–water partition coefficient (Wildman–Crippen LogP) is 0.360. The Hall–Kier alpha value is -2.48.